The Labute approximate surface area is 120 Å². The SMILES string of the molecule is Cn1ncc2ccc(CB3OC(C)(C)C(C)(C)O3)cc21. The molecule has 0 unspecified atom stereocenters. The van der Waals surface area contributed by atoms with Gasteiger partial charge in [0.25, 0.3) is 0 Å². The quantitative estimate of drug-likeness (QED) is 0.789. The van der Waals surface area contributed by atoms with Gasteiger partial charge in [0.1, 0.15) is 0 Å². The van der Waals surface area contributed by atoms with E-state index in [1.807, 2.05) is 17.9 Å². The second-order valence-corrected chi connectivity index (χ2v) is 6.55. The van der Waals surface area contributed by atoms with E-state index in [0.29, 0.717) is 0 Å². The highest BCUT2D eigenvalue weighted by molar-refractivity contribution is 6.45. The van der Waals surface area contributed by atoms with Crippen LogP contribution in [0.2, 0.25) is 0 Å². The molecule has 1 aromatic carbocycles. The lowest BCUT2D eigenvalue weighted by Gasteiger charge is -2.32. The minimum atomic E-state index is -0.270. The summed E-state index contributed by atoms with van der Waals surface area (Å²) < 4.78 is 14.0. The molecule has 0 amide bonds. The van der Waals surface area contributed by atoms with Crippen molar-refractivity contribution in [3.05, 3.63) is 30.0 Å². The maximum Gasteiger partial charge on any atom is 0.462 e. The summed E-state index contributed by atoms with van der Waals surface area (Å²) in [7, 11) is 1.77. The maximum atomic E-state index is 6.05. The highest BCUT2D eigenvalue weighted by atomic mass is 16.7. The number of aromatic nitrogens is 2. The summed E-state index contributed by atoms with van der Waals surface area (Å²) >= 11 is 0. The van der Waals surface area contributed by atoms with Crippen molar-refractivity contribution in [1.82, 2.24) is 9.78 Å². The fraction of sp³-hybridized carbons (Fsp3) is 0.533. The monoisotopic (exact) mass is 272 g/mol. The summed E-state index contributed by atoms with van der Waals surface area (Å²) in [6, 6.07) is 6.38. The molecule has 2 heterocycles. The van der Waals surface area contributed by atoms with Crippen LogP contribution in [-0.4, -0.2) is 28.1 Å². The summed E-state index contributed by atoms with van der Waals surface area (Å²) in [6.07, 6.45) is 2.64. The van der Waals surface area contributed by atoms with E-state index in [9.17, 15) is 0 Å². The van der Waals surface area contributed by atoms with Crippen molar-refractivity contribution < 1.29 is 9.31 Å². The van der Waals surface area contributed by atoms with Crippen molar-refractivity contribution in [3.8, 4) is 0 Å². The van der Waals surface area contributed by atoms with E-state index in [2.05, 4.69) is 51.0 Å². The minimum absolute atomic E-state index is 0.189. The lowest BCUT2D eigenvalue weighted by atomic mass is 9.80. The highest BCUT2D eigenvalue weighted by Gasteiger charge is 2.50. The fourth-order valence-corrected chi connectivity index (χ4v) is 2.56. The average Bonchev–Trinajstić information content (AvgIpc) is 2.78. The van der Waals surface area contributed by atoms with Gasteiger partial charge in [0.2, 0.25) is 0 Å². The molecule has 1 aliphatic rings. The Morgan fingerprint density at radius 1 is 1.15 bits per heavy atom. The number of fused-ring (bicyclic) bond motifs is 1. The molecule has 0 saturated carbocycles. The molecule has 3 rings (SSSR count). The molecule has 0 radical (unpaired) electrons. The van der Waals surface area contributed by atoms with E-state index < -0.39 is 0 Å². The molecule has 1 fully saturated rings. The van der Waals surface area contributed by atoms with Crippen LogP contribution < -0.4 is 0 Å². The highest BCUT2D eigenvalue weighted by Crippen LogP contribution is 2.37. The molecule has 1 saturated heterocycles. The first-order chi connectivity index (χ1) is 9.28. The zero-order valence-corrected chi connectivity index (χ0v) is 12.8. The topological polar surface area (TPSA) is 36.3 Å². The Hall–Kier alpha value is -1.33. The smallest absolute Gasteiger partial charge is 0.403 e. The molecule has 20 heavy (non-hydrogen) atoms. The molecule has 0 spiro atoms. The van der Waals surface area contributed by atoms with E-state index in [1.165, 1.54) is 5.56 Å². The van der Waals surface area contributed by atoms with Gasteiger partial charge in [-0.15, -0.1) is 0 Å². The van der Waals surface area contributed by atoms with E-state index in [-0.39, 0.29) is 18.3 Å². The first-order valence-corrected chi connectivity index (χ1v) is 7.05. The molecule has 106 valence electrons. The summed E-state index contributed by atoms with van der Waals surface area (Å²) in [5, 5.41) is 5.43. The van der Waals surface area contributed by atoms with Crippen LogP contribution in [0.1, 0.15) is 33.3 Å². The van der Waals surface area contributed by atoms with Crippen molar-refractivity contribution in [2.24, 2.45) is 7.05 Å². The number of rotatable bonds is 2. The molecule has 4 nitrogen and oxygen atoms in total. The molecule has 1 aliphatic heterocycles. The van der Waals surface area contributed by atoms with Crippen molar-refractivity contribution in [3.63, 3.8) is 0 Å². The number of aryl methyl sites for hydroxylation is 1. The molecule has 0 atom stereocenters. The lowest BCUT2D eigenvalue weighted by molar-refractivity contribution is 0.00578. The molecule has 1 aromatic heterocycles. The van der Waals surface area contributed by atoms with Gasteiger partial charge in [-0.2, -0.15) is 5.10 Å². The van der Waals surface area contributed by atoms with Gasteiger partial charge < -0.3 is 9.31 Å². The van der Waals surface area contributed by atoms with Gasteiger partial charge in [0, 0.05) is 18.8 Å². The number of nitrogens with zero attached hydrogens (tertiary/aromatic N) is 2. The van der Waals surface area contributed by atoms with Gasteiger partial charge in [-0.1, -0.05) is 12.1 Å². The van der Waals surface area contributed by atoms with Crippen LogP contribution in [0.4, 0.5) is 0 Å². The van der Waals surface area contributed by atoms with E-state index in [0.717, 1.165) is 17.2 Å². The van der Waals surface area contributed by atoms with Crippen molar-refractivity contribution in [2.45, 2.75) is 45.2 Å². The predicted molar refractivity (Wildman–Crippen MR) is 80.5 cm³/mol. The Morgan fingerprint density at radius 2 is 1.80 bits per heavy atom. The predicted octanol–water partition coefficient (Wildman–Crippen LogP) is 2.75. The van der Waals surface area contributed by atoms with Crippen LogP contribution in [-0.2, 0) is 22.7 Å². The van der Waals surface area contributed by atoms with Gasteiger partial charge >= 0.3 is 7.12 Å². The first kappa shape index (κ1) is 13.6. The summed E-state index contributed by atoms with van der Waals surface area (Å²) in [5.41, 5.74) is 1.81. The number of benzene rings is 1. The maximum absolute atomic E-state index is 6.05. The minimum Gasteiger partial charge on any atom is -0.403 e. The molecule has 0 aliphatic carbocycles. The Kier molecular flexibility index (Phi) is 2.96. The van der Waals surface area contributed by atoms with Crippen LogP contribution in [0.25, 0.3) is 10.9 Å². The summed E-state index contributed by atoms with van der Waals surface area (Å²) in [6.45, 7) is 8.32. The molecular weight excluding hydrogens is 251 g/mol. The standard InChI is InChI=1S/C15H21BN2O2/c1-14(2)15(3,4)20-16(19-14)9-11-6-7-12-10-17-18(5)13(12)8-11/h6-8,10H,9H2,1-5H3. The summed E-state index contributed by atoms with van der Waals surface area (Å²) in [4.78, 5) is 0. The second kappa shape index (κ2) is 4.33. The van der Waals surface area contributed by atoms with Crippen LogP contribution in [0.5, 0.6) is 0 Å². The third-order valence-corrected chi connectivity index (χ3v) is 4.52. The molecule has 0 bridgehead atoms. The van der Waals surface area contributed by atoms with Crippen LogP contribution in [0.3, 0.4) is 0 Å². The Balaban J connectivity index is 1.82. The Bertz CT molecular complexity index is 632. The van der Waals surface area contributed by atoms with Gasteiger partial charge in [-0.05, 0) is 39.3 Å². The van der Waals surface area contributed by atoms with Crippen LogP contribution >= 0.6 is 0 Å². The summed E-state index contributed by atoms with van der Waals surface area (Å²) in [5.74, 6) is 0. The largest absolute Gasteiger partial charge is 0.462 e. The number of hydrogen-bond acceptors (Lipinski definition) is 3. The molecule has 0 N–H and O–H groups in total. The van der Waals surface area contributed by atoms with Gasteiger partial charge in [0.05, 0.1) is 22.9 Å². The average molecular weight is 272 g/mol. The van der Waals surface area contributed by atoms with Gasteiger partial charge in [-0.3, -0.25) is 4.68 Å². The Morgan fingerprint density at radius 3 is 2.45 bits per heavy atom. The van der Waals surface area contributed by atoms with E-state index >= 15 is 0 Å². The van der Waals surface area contributed by atoms with E-state index in [4.69, 9.17) is 9.31 Å². The normalized spacial score (nSPS) is 20.8. The molecule has 2 aromatic rings. The molecular formula is C15H21BN2O2. The van der Waals surface area contributed by atoms with Crippen molar-refractivity contribution in [2.75, 3.05) is 0 Å². The van der Waals surface area contributed by atoms with Crippen LogP contribution in [0.15, 0.2) is 24.4 Å². The first-order valence-electron chi connectivity index (χ1n) is 7.05. The second-order valence-electron chi connectivity index (χ2n) is 6.55. The van der Waals surface area contributed by atoms with E-state index in [1.54, 1.807) is 0 Å². The third-order valence-electron chi connectivity index (χ3n) is 4.52. The fourth-order valence-electron chi connectivity index (χ4n) is 2.56. The molecule has 5 heteroatoms. The van der Waals surface area contributed by atoms with Crippen molar-refractivity contribution >= 4 is 18.0 Å². The zero-order valence-electron chi connectivity index (χ0n) is 12.8. The zero-order chi connectivity index (χ0) is 14.5. The number of hydrogen-bond donors (Lipinski definition) is 0. The van der Waals surface area contributed by atoms with Gasteiger partial charge in [-0.25, -0.2) is 0 Å². The lowest BCUT2D eigenvalue weighted by Crippen LogP contribution is -2.41. The van der Waals surface area contributed by atoms with Gasteiger partial charge in [0.15, 0.2) is 0 Å². The van der Waals surface area contributed by atoms with Crippen molar-refractivity contribution in [1.29, 1.82) is 0 Å². The van der Waals surface area contributed by atoms with Crippen LogP contribution in [0, 0.1) is 0 Å². The third kappa shape index (κ3) is 2.15.